The monoisotopic (exact) mass is 306 g/mol. The molecule has 0 amide bonds. The van der Waals surface area contributed by atoms with Crippen LogP contribution >= 0.6 is 0 Å². The molecule has 8 heteroatoms. The minimum atomic E-state index is -3.98. The molecule has 0 aromatic carbocycles. The summed E-state index contributed by atoms with van der Waals surface area (Å²) in [6.45, 7) is 5.14. The van der Waals surface area contributed by atoms with E-state index < -0.39 is 38.5 Å². The van der Waals surface area contributed by atoms with E-state index in [2.05, 4.69) is 4.74 Å². The number of ether oxygens (including phenoxy) is 2. The zero-order valence-electron chi connectivity index (χ0n) is 12.1. The fourth-order valence-electron chi connectivity index (χ4n) is 2.18. The average molecular weight is 306 g/mol. The van der Waals surface area contributed by atoms with Crippen LogP contribution in [0.4, 0.5) is 0 Å². The molecule has 20 heavy (non-hydrogen) atoms. The summed E-state index contributed by atoms with van der Waals surface area (Å²) in [6, 6.07) is -0.883. The summed E-state index contributed by atoms with van der Waals surface area (Å²) >= 11 is 0. The largest absolute Gasteiger partial charge is 0.468 e. The van der Waals surface area contributed by atoms with Crippen LogP contribution in [0.25, 0.3) is 0 Å². The molecule has 1 aliphatic rings. The Bertz CT molecular complexity index is 508. The van der Waals surface area contributed by atoms with Gasteiger partial charge in [0.1, 0.15) is 6.04 Å². The second kappa shape index (κ2) is 5.44. The molecular formula is C12H22N2O5S. The lowest BCUT2D eigenvalue weighted by Crippen LogP contribution is -2.53. The number of methoxy groups -OCH3 is 1. The predicted octanol–water partition coefficient (Wildman–Crippen LogP) is -0.137. The first-order valence-corrected chi connectivity index (χ1v) is 7.72. The van der Waals surface area contributed by atoms with Gasteiger partial charge in [0, 0.05) is 11.8 Å². The first kappa shape index (κ1) is 17.1. The fourth-order valence-corrected chi connectivity index (χ4v) is 3.56. The Balaban J connectivity index is 2.95. The highest BCUT2D eigenvalue weighted by molar-refractivity contribution is 7.90. The molecule has 1 heterocycles. The van der Waals surface area contributed by atoms with Crippen LogP contribution in [-0.4, -0.2) is 38.6 Å². The SMILES string of the molecule is COC(=O)C(N)CC1C=CC(C(C)(C)C)(S(N)(=O)=O)O1. The Kier molecular flexibility index (Phi) is 4.65. The molecule has 1 rings (SSSR count). The summed E-state index contributed by atoms with van der Waals surface area (Å²) in [5.74, 6) is -0.578. The van der Waals surface area contributed by atoms with Gasteiger partial charge in [0.2, 0.25) is 15.0 Å². The van der Waals surface area contributed by atoms with Crippen molar-refractivity contribution in [1.82, 2.24) is 0 Å². The third kappa shape index (κ3) is 3.03. The van der Waals surface area contributed by atoms with Gasteiger partial charge in [-0.2, -0.15) is 0 Å². The second-order valence-corrected chi connectivity index (χ2v) is 7.54. The maximum atomic E-state index is 11.9. The molecule has 7 nitrogen and oxygen atoms in total. The van der Waals surface area contributed by atoms with Crippen molar-refractivity contribution in [3.8, 4) is 0 Å². The number of sulfonamides is 1. The van der Waals surface area contributed by atoms with Crippen molar-refractivity contribution in [3.63, 3.8) is 0 Å². The number of carbonyl (C=O) groups is 1. The second-order valence-electron chi connectivity index (χ2n) is 5.84. The van der Waals surface area contributed by atoms with Gasteiger partial charge in [-0.05, 0) is 6.08 Å². The molecule has 0 bridgehead atoms. The van der Waals surface area contributed by atoms with Crippen LogP contribution in [0, 0.1) is 5.41 Å². The highest BCUT2D eigenvalue weighted by Crippen LogP contribution is 2.43. The zero-order valence-corrected chi connectivity index (χ0v) is 12.9. The van der Waals surface area contributed by atoms with Crippen molar-refractivity contribution in [2.75, 3.05) is 7.11 Å². The van der Waals surface area contributed by atoms with Crippen LogP contribution in [0.2, 0.25) is 0 Å². The Morgan fingerprint density at radius 3 is 2.40 bits per heavy atom. The van der Waals surface area contributed by atoms with Crippen LogP contribution < -0.4 is 10.9 Å². The first-order valence-electron chi connectivity index (χ1n) is 6.17. The first-order chi connectivity index (χ1) is 8.94. The van der Waals surface area contributed by atoms with E-state index in [1.165, 1.54) is 13.2 Å². The van der Waals surface area contributed by atoms with E-state index in [9.17, 15) is 13.2 Å². The van der Waals surface area contributed by atoms with Crippen molar-refractivity contribution < 1.29 is 22.7 Å². The Morgan fingerprint density at radius 2 is 2.05 bits per heavy atom. The molecule has 0 aliphatic carbocycles. The van der Waals surface area contributed by atoms with Crippen LogP contribution in [0.5, 0.6) is 0 Å². The summed E-state index contributed by atoms with van der Waals surface area (Å²) in [5, 5.41) is 5.31. The third-order valence-corrected chi connectivity index (χ3v) is 5.01. The molecular weight excluding hydrogens is 284 g/mol. The van der Waals surface area contributed by atoms with E-state index in [1.54, 1.807) is 26.8 Å². The number of nitrogens with two attached hydrogens (primary N) is 2. The minimum Gasteiger partial charge on any atom is -0.468 e. The standard InChI is InChI=1S/C12H22N2O5S/c1-11(2,3)12(20(14,16)17)6-5-8(19-12)7-9(13)10(15)18-4/h5-6,8-9H,7,13H2,1-4H3,(H2,14,16,17). The van der Waals surface area contributed by atoms with E-state index in [1.807, 2.05) is 0 Å². The summed E-state index contributed by atoms with van der Waals surface area (Å²) in [5.41, 5.74) is 4.88. The molecule has 3 unspecified atom stereocenters. The molecule has 4 N–H and O–H groups in total. The number of hydrogen-bond donors (Lipinski definition) is 2. The van der Waals surface area contributed by atoms with Crippen molar-refractivity contribution in [1.29, 1.82) is 0 Å². The van der Waals surface area contributed by atoms with Gasteiger partial charge in [-0.3, -0.25) is 4.79 Å². The van der Waals surface area contributed by atoms with Gasteiger partial charge in [0.05, 0.1) is 13.2 Å². The number of rotatable bonds is 4. The van der Waals surface area contributed by atoms with Gasteiger partial charge in [-0.1, -0.05) is 26.8 Å². The lowest BCUT2D eigenvalue weighted by atomic mass is 9.88. The van der Waals surface area contributed by atoms with E-state index in [4.69, 9.17) is 15.6 Å². The number of carbonyl (C=O) groups excluding carboxylic acids is 1. The summed E-state index contributed by atoms with van der Waals surface area (Å²) in [7, 11) is -2.75. The van der Waals surface area contributed by atoms with Gasteiger partial charge in [-0.25, -0.2) is 13.6 Å². The maximum Gasteiger partial charge on any atom is 0.322 e. The highest BCUT2D eigenvalue weighted by Gasteiger charge is 2.54. The van der Waals surface area contributed by atoms with E-state index in [0.29, 0.717) is 0 Å². The summed E-state index contributed by atoms with van der Waals surface area (Å²) in [6.07, 6.45) is 2.51. The zero-order chi connectivity index (χ0) is 15.8. The average Bonchev–Trinajstić information content (AvgIpc) is 2.71. The van der Waals surface area contributed by atoms with Crippen LogP contribution in [0.15, 0.2) is 12.2 Å². The molecule has 0 fully saturated rings. The third-order valence-electron chi connectivity index (χ3n) is 3.31. The van der Waals surface area contributed by atoms with Crippen LogP contribution in [0.3, 0.4) is 0 Å². The quantitative estimate of drug-likeness (QED) is 0.551. The van der Waals surface area contributed by atoms with Crippen molar-refractivity contribution in [2.45, 2.75) is 44.3 Å². The molecule has 0 saturated heterocycles. The molecule has 0 aromatic rings. The molecule has 0 spiro atoms. The van der Waals surface area contributed by atoms with Crippen molar-refractivity contribution in [3.05, 3.63) is 12.2 Å². The van der Waals surface area contributed by atoms with Gasteiger partial charge in [0.25, 0.3) is 0 Å². The predicted molar refractivity (Wildman–Crippen MR) is 73.9 cm³/mol. The number of primary sulfonamides is 1. The highest BCUT2D eigenvalue weighted by atomic mass is 32.2. The van der Waals surface area contributed by atoms with E-state index in [0.717, 1.165) is 0 Å². The molecule has 0 saturated carbocycles. The Hall–Kier alpha value is -0.960. The lowest BCUT2D eigenvalue weighted by Gasteiger charge is -2.38. The Morgan fingerprint density at radius 1 is 1.50 bits per heavy atom. The van der Waals surface area contributed by atoms with Gasteiger partial charge in [-0.15, -0.1) is 0 Å². The topological polar surface area (TPSA) is 122 Å². The molecule has 0 radical (unpaired) electrons. The van der Waals surface area contributed by atoms with Crippen LogP contribution in [0.1, 0.15) is 27.2 Å². The maximum absolute atomic E-state index is 11.9. The van der Waals surface area contributed by atoms with E-state index >= 15 is 0 Å². The van der Waals surface area contributed by atoms with Crippen LogP contribution in [-0.2, 0) is 24.3 Å². The summed E-state index contributed by atoms with van der Waals surface area (Å²) < 4.78 is 34.0. The lowest BCUT2D eigenvalue weighted by molar-refractivity contribution is -0.143. The normalized spacial score (nSPS) is 28.4. The smallest absolute Gasteiger partial charge is 0.322 e. The molecule has 3 atom stereocenters. The van der Waals surface area contributed by atoms with E-state index in [-0.39, 0.29) is 6.42 Å². The van der Waals surface area contributed by atoms with Crippen molar-refractivity contribution >= 4 is 16.0 Å². The van der Waals surface area contributed by atoms with Gasteiger partial charge in [0.15, 0.2) is 0 Å². The number of hydrogen-bond acceptors (Lipinski definition) is 6. The number of esters is 1. The fraction of sp³-hybridized carbons (Fsp3) is 0.750. The van der Waals surface area contributed by atoms with Gasteiger partial charge < -0.3 is 15.2 Å². The molecule has 116 valence electrons. The molecule has 1 aliphatic heterocycles. The van der Waals surface area contributed by atoms with Gasteiger partial charge >= 0.3 is 5.97 Å². The Labute approximate surface area is 119 Å². The molecule has 0 aromatic heterocycles. The summed E-state index contributed by atoms with van der Waals surface area (Å²) in [4.78, 5) is 9.66. The van der Waals surface area contributed by atoms with Crippen molar-refractivity contribution in [2.24, 2.45) is 16.3 Å². The minimum absolute atomic E-state index is 0.122.